The van der Waals surface area contributed by atoms with E-state index in [9.17, 15) is 4.79 Å². The molecule has 0 saturated carbocycles. The summed E-state index contributed by atoms with van der Waals surface area (Å²) in [6, 6.07) is 3.35. The fourth-order valence-corrected chi connectivity index (χ4v) is 2.19. The van der Waals surface area contributed by atoms with Crippen molar-refractivity contribution in [3.63, 3.8) is 0 Å². The molecule has 3 rings (SSSR count). The van der Waals surface area contributed by atoms with Crippen molar-refractivity contribution in [1.82, 2.24) is 19.9 Å². The summed E-state index contributed by atoms with van der Waals surface area (Å²) in [4.78, 5) is 20.5. The number of anilines is 1. The van der Waals surface area contributed by atoms with Gasteiger partial charge in [0.05, 0.1) is 25.1 Å². The van der Waals surface area contributed by atoms with Crippen molar-refractivity contribution in [2.75, 3.05) is 25.1 Å². The van der Waals surface area contributed by atoms with E-state index >= 15 is 0 Å². The molecule has 1 fully saturated rings. The fraction of sp³-hybridized carbons (Fsp3) is 0.357. The largest absolute Gasteiger partial charge is 0.378 e. The first-order valence-corrected chi connectivity index (χ1v) is 6.82. The maximum absolute atomic E-state index is 12.0. The highest BCUT2D eigenvalue weighted by atomic mass is 35.5. The van der Waals surface area contributed by atoms with Crippen LogP contribution in [-0.4, -0.2) is 46.2 Å². The zero-order valence-corrected chi connectivity index (χ0v) is 14.2. The van der Waals surface area contributed by atoms with Gasteiger partial charge in [0.15, 0.2) is 0 Å². The molecular weight excluding hydrogens is 341 g/mol. The molecule has 1 atom stereocenters. The molecule has 126 valence electrons. The summed E-state index contributed by atoms with van der Waals surface area (Å²) in [5.41, 5.74) is 0.661. The van der Waals surface area contributed by atoms with Crippen LogP contribution < -0.4 is 10.6 Å². The molecule has 1 aliphatic rings. The number of halogens is 2. The van der Waals surface area contributed by atoms with Crippen molar-refractivity contribution in [2.24, 2.45) is 0 Å². The number of amides is 1. The number of hydrogen-bond acceptors (Lipinski definition) is 5. The van der Waals surface area contributed by atoms with Crippen molar-refractivity contribution < 1.29 is 9.53 Å². The van der Waals surface area contributed by atoms with Crippen LogP contribution in [0, 0.1) is 6.92 Å². The number of aromatic nitrogens is 3. The quantitative estimate of drug-likeness (QED) is 0.864. The van der Waals surface area contributed by atoms with Crippen LogP contribution in [0.25, 0.3) is 5.82 Å². The minimum atomic E-state index is -0.311. The standard InChI is InChI=1S/C14H17N5O2.2ClH/c1-10-15-4-6-19(10)13-3-2-11(8-17-13)18-14(20)12-9-21-7-5-16-12;;/h2-4,6,8,12,16H,5,7,9H2,1H3,(H,18,20);2*1H. The average Bonchev–Trinajstić information content (AvgIpc) is 2.95. The second kappa shape index (κ2) is 8.83. The molecule has 0 spiro atoms. The van der Waals surface area contributed by atoms with Crippen LogP contribution in [0.2, 0.25) is 0 Å². The van der Waals surface area contributed by atoms with Crippen molar-refractivity contribution in [3.05, 3.63) is 36.5 Å². The van der Waals surface area contributed by atoms with Crippen molar-refractivity contribution in [1.29, 1.82) is 0 Å². The van der Waals surface area contributed by atoms with Crippen LogP contribution in [0.1, 0.15) is 5.82 Å². The summed E-state index contributed by atoms with van der Waals surface area (Å²) >= 11 is 0. The predicted molar refractivity (Wildman–Crippen MR) is 91.8 cm³/mol. The Morgan fingerprint density at radius 1 is 1.39 bits per heavy atom. The average molecular weight is 360 g/mol. The first kappa shape index (κ1) is 19.4. The van der Waals surface area contributed by atoms with Crippen molar-refractivity contribution in [2.45, 2.75) is 13.0 Å². The Morgan fingerprint density at radius 3 is 2.78 bits per heavy atom. The minimum absolute atomic E-state index is 0. The molecule has 9 heteroatoms. The van der Waals surface area contributed by atoms with Crippen LogP contribution in [0.15, 0.2) is 30.7 Å². The third-order valence-corrected chi connectivity index (χ3v) is 3.33. The SMILES string of the molecule is Cc1nccn1-c1ccc(NC(=O)C2COCCN2)cn1.Cl.Cl. The van der Waals surface area contributed by atoms with Gasteiger partial charge in [0.2, 0.25) is 5.91 Å². The summed E-state index contributed by atoms with van der Waals surface area (Å²) in [5.74, 6) is 1.52. The molecule has 1 unspecified atom stereocenters. The van der Waals surface area contributed by atoms with Gasteiger partial charge in [0, 0.05) is 18.9 Å². The summed E-state index contributed by atoms with van der Waals surface area (Å²) in [6.45, 7) is 3.64. The van der Waals surface area contributed by atoms with E-state index in [4.69, 9.17) is 4.74 Å². The summed E-state index contributed by atoms with van der Waals surface area (Å²) in [5, 5.41) is 5.94. The Labute approximate surface area is 146 Å². The normalized spacial score (nSPS) is 16.8. The molecule has 23 heavy (non-hydrogen) atoms. The highest BCUT2D eigenvalue weighted by Gasteiger charge is 2.21. The summed E-state index contributed by atoms with van der Waals surface area (Å²) < 4.78 is 7.15. The van der Waals surface area contributed by atoms with E-state index in [0.29, 0.717) is 25.4 Å². The van der Waals surface area contributed by atoms with Gasteiger partial charge in [-0.1, -0.05) is 0 Å². The number of pyridine rings is 1. The number of morpholine rings is 1. The molecule has 1 saturated heterocycles. The Morgan fingerprint density at radius 2 is 2.22 bits per heavy atom. The first-order chi connectivity index (χ1) is 10.2. The Balaban J connectivity index is 0.00000132. The van der Waals surface area contributed by atoms with Gasteiger partial charge in [0.25, 0.3) is 0 Å². The monoisotopic (exact) mass is 359 g/mol. The summed E-state index contributed by atoms with van der Waals surface area (Å²) in [7, 11) is 0. The number of carbonyl (C=O) groups excluding carboxylic acids is 1. The molecule has 2 N–H and O–H groups in total. The molecule has 1 aliphatic heterocycles. The van der Waals surface area contributed by atoms with Gasteiger partial charge in [-0.15, -0.1) is 24.8 Å². The third-order valence-electron chi connectivity index (χ3n) is 3.33. The number of nitrogens with zero attached hydrogens (tertiary/aromatic N) is 3. The number of imidazole rings is 1. The second-order valence-electron chi connectivity index (χ2n) is 4.82. The Kier molecular flexibility index (Phi) is 7.44. The molecule has 0 bridgehead atoms. The van der Waals surface area contributed by atoms with Crippen LogP contribution >= 0.6 is 24.8 Å². The molecule has 7 nitrogen and oxygen atoms in total. The van der Waals surface area contributed by atoms with E-state index in [1.807, 2.05) is 29.8 Å². The number of rotatable bonds is 3. The van der Waals surface area contributed by atoms with E-state index < -0.39 is 0 Å². The van der Waals surface area contributed by atoms with Crippen LogP contribution in [0.3, 0.4) is 0 Å². The predicted octanol–water partition coefficient (Wildman–Crippen LogP) is 1.35. The molecule has 0 aromatic carbocycles. The van der Waals surface area contributed by atoms with Gasteiger partial charge in [0.1, 0.15) is 17.7 Å². The van der Waals surface area contributed by atoms with E-state index in [0.717, 1.165) is 11.6 Å². The lowest BCUT2D eigenvalue weighted by molar-refractivity contribution is -0.120. The number of nitrogens with one attached hydrogen (secondary N) is 2. The van der Waals surface area contributed by atoms with Crippen LogP contribution in [-0.2, 0) is 9.53 Å². The van der Waals surface area contributed by atoms with Gasteiger partial charge in [-0.25, -0.2) is 9.97 Å². The van der Waals surface area contributed by atoms with E-state index in [-0.39, 0.29) is 36.8 Å². The van der Waals surface area contributed by atoms with Crippen LogP contribution in [0.5, 0.6) is 0 Å². The van der Waals surface area contributed by atoms with Crippen molar-refractivity contribution in [3.8, 4) is 5.82 Å². The lowest BCUT2D eigenvalue weighted by atomic mass is 10.2. The van der Waals surface area contributed by atoms with E-state index in [1.165, 1.54) is 0 Å². The third kappa shape index (κ3) is 4.65. The second-order valence-corrected chi connectivity index (χ2v) is 4.82. The maximum atomic E-state index is 12.0. The first-order valence-electron chi connectivity index (χ1n) is 6.82. The fourth-order valence-electron chi connectivity index (χ4n) is 2.19. The Bertz CT molecular complexity index is 626. The van der Waals surface area contributed by atoms with Gasteiger partial charge < -0.3 is 15.4 Å². The highest BCUT2D eigenvalue weighted by molar-refractivity contribution is 5.94. The molecule has 3 heterocycles. The lowest BCUT2D eigenvalue weighted by Crippen LogP contribution is -2.48. The van der Waals surface area contributed by atoms with Crippen molar-refractivity contribution >= 4 is 36.4 Å². The highest BCUT2D eigenvalue weighted by Crippen LogP contribution is 2.12. The zero-order chi connectivity index (χ0) is 14.7. The smallest absolute Gasteiger partial charge is 0.243 e. The van der Waals surface area contributed by atoms with E-state index in [2.05, 4.69) is 20.6 Å². The van der Waals surface area contributed by atoms with Gasteiger partial charge in [-0.2, -0.15) is 0 Å². The topological polar surface area (TPSA) is 81.1 Å². The lowest BCUT2D eigenvalue weighted by Gasteiger charge is -2.22. The maximum Gasteiger partial charge on any atom is 0.243 e. The molecule has 1 amide bonds. The number of aryl methyl sites for hydroxylation is 1. The molecule has 2 aromatic rings. The Hall–Kier alpha value is -1.67. The van der Waals surface area contributed by atoms with Crippen LogP contribution in [0.4, 0.5) is 5.69 Å². The molecular formula is C14H19Cl2N5O2. The van der Waals surface area contributed by atoms with E-state index in [1.54, 1.807) is 12.4 Å². The summed E-state index contributed by atoms with van der Waals surface area (Å²) in [6.07, 6.45) is 5.21. The molecule has 0 radical (unpaired) electrons. The molecule has 2 aromatic heterocycles. The van der Waals surface area contributed by atoms with Gasteiger partial charge in [-0.3, -0.25) is 9.36 Å². The number of carbonyl (C=O) groups is 1. The van der Waals surface area contributed by atoms with Gasteiger partial charge in [-0.05, 0) is 19.1 Å². The number of hydrogen-bond donors (Lipinski definition) is 2. The molecule has 0 aliphatic carbocycles. The minimum Gasteiger partial charge on any atom is -0.378 e. The zero-order valence-electron chi connectivity index (χ0n) is 12.6. The number of ether oxygens (including phenoxy) is 1. The van der Waals surface area contributed by atoms with Gasteiger partial charge >= 0.3 is 0 Å².